The lowest BCUT2D eigenvalue weighted by atomic mass is 10.1. The van der Waals surface area contributed by atoms with E-state index in [1.54, 1.807) is 12.1 Å². The lowest BCUT2D eigenvalue weighted by Crippen LogP contribution is -2.21. The van der Waals surface area contributed by atoms with Crippen molar-refractivity contribution in [3.8, 4) is 0 Å². The van der Waals surface area contributed by atoms with Gasteiger partial charge in [0.15, 0.2) is 6.61 Å². The predicted molar refractivity (Wildman–Crippen MR) is 122 cm³/mol. The summed E-state index contributed by atoms with van der Waals surface area (Å²) in [4.78, 5) is 36.0. The molecular formula is C23H20Cl2N2O4. The number of carbonyl (C=O) groups is 3. The molecule has 3 rings (SSSR count). The Morgan fingerprint density at radius 3 is 2.39 bits per heavy atom. The number of anilines is 2. The van der Waals surface area contributed by atoms with E-state index in [1.807, 2.05) is 42.5 Å². The molecule has 3 aromatic carbocycles. The van der Waals surface area contributed by atoms with Crippen LogP contribution in [-0.4, -0.2) is 24.4 Å². The van der Waals surface area contributed by atoms with Gasteiger partial charge in [0, 0.05) is 28.9 Å². The highest BCUT2D eigenvalue weighted by Gasteiger charge is 2.12. The first kappa shape index (κ1) is 22.6. The molecule has 0 spiro atoms. The Bertz CT molecular complexity index is 1110. The Kier molecular flexibility index (Phi) is 7.87. The third kappa shape index (κ3) is 6.70. The smallest absolute Gasteiger partial charge is 0.306 e. The summed E-state index contributed by atoms with van der Waals surface area (Å²) in [5, 5.41) is 8.11. The second kappa shape index (κ2) is 10.8. The highest BCUT2D eigenvalue weighted by molar-refractivity contribution is 6.35. The zero-order valence-corrected chi connectivity index (χ0v) is 18.0. The minimum Gasteiger partial charge on any atom is -0.456 e. The molecule has 2 amide bonds. The molecule has 0 saturated carbocycles. The van der Waals surface area contributed by atoms with E-state index in [9.17, 15) is 14.4 Å². The summed E-state index contributed by atoms with van der Waals surface area (Å²) in [7, 11) is 0. The average Bonchev–Trinajstić information content (AvgIpc) is 2.75. The van der Waals surface area contributed by atoms with Gasteiger partial charge in [0.2, 0.25) is 5.91 Å². The van der Waals surface area contributed by atoms with Crippen molar-refractivity contribution in [2.75, 3.05) is 17.2 Å². The van der Waals surface area contributed by atoms with Gasteiger partial charge in [-0.1, -0.05) is 59.6 Å². The Labute approximate surface area is 189 Å². The highest BCUT2D eigenvalue weighted by Crippen LogP contribution is 2.25. The minimum atomic E-state index is -0.565. The third-order valence-electron chi connectivity index (χ3n) is 4.42. The first-order valence-corrected chi connectivity index (χ1v) is 10.4. The Morgan fingerprint density at radius 2 is 1.55 bits per heavy atom. The number of benzene rings is 3. The Balaban J connectivity index is 1.39. The Hall–Kier alpha value is -3.09. The second-order valence-electron chi connectivity index (χ2n) is 6.76. The molecule has 0 bridgehead atoms. The van der Waals surface area contributed by atoms with Gasteiger partial charge in [-0.3, -0.25) is 14.4 Å². The predicted octanol–water partition coefficient (Wildman–Crippen LogP) is 5.44. The van der Waals surface area contributed by atoms with Crippen LogP contribution in [0.4, 0.5) is 11.4 Å². The molecule has 0 aliphatic carbocycles. The van der Waals surface area contributed by atoms with Gasteiger partial charge in [-0.05, 0) is 36.1 Å². The summed E-state index contributed by atoms with van der Waals surface area (Å²) in [6, 6.07) is 18.1. The fraction of sp³-hybridized carbons (Fsp3) is 0.174. The zero-order valence-electron chi connectivity index (χ0n) is 16.5. The molecule has 2 N–H and O–H groups in total. The van der Waals surface area contributed by atoms with E-state index in [-0.39, 0.29) is 18.7 Å². The number of rotatable bonds is 8. The van der Waals surface area contributed by atoms with E-state index < -0.39 is 18.5 Å². The van der Waals surface area contributed by atoms with Crippen LogP contribution in [0, 0.1) is 0 Å². The summed E-state index contributed by atoms with van der Waals surface area (Å²) in [5.41, 5.74) is 1.06. The van der Waals surface area contributed by atoms with Gasteiger partial charge in [0.25, 0.3) is 5.91 Å². The van der Waals surface area contributed by atoms with Crippen molar-refractivity contribution in [2.45, 2.75) is 19.3 Å². The molecule has 0 aromatic heterocycles. The molecular weight excluding hydrogens is 439 g/mol. The molecule has 0 atom stereocenters. The van der Waals surface area contributed by atoms with Crippen LogP contribution < -0.4 is 10.6 Å². The van der Waals surface area contributed by atoms with Crippen LogP contribution in [-0.2, 0) is 19.1 Å². The fourth-order valence-corrected chi connectivity index (χ4v) is 3.28. The molecule has 31 heavy (non-hydrogen) atoms. The molecule has 0 unspecified atom stereocenters. The quantitative estimate of drug-likeness (QED) is 0.440. The molecule has 0 aliphatic heterocycles. The van der Waals surface area contributed by atoms with Crippen molar-refractivity contribution in [3.05, 3.63) is 70.7 Å². The topological polar surface area (TPSA) is 84.5 Å². The number of esters is 1. The standard InChI is InChI=1S/C23H20Cl2N2O4/c24-16-11-12-18(25)20(13-16)27-22(29)14-31-23(30)10-4-9-21(28)26-19-8-3-6-15-5-1-2-7-17(15)19/h1-3,5-8,11-13H,4,9-10,14H2,(H,26,28)(H,27,29). The highest BCUT2D eigenvalue weighted by atomic mass is 35.5. The fourth-order valence-electron chi connectivity index (χ4n) is 2.94. The van der Waals surface area contributed by atoms with Crippen molar-refractivity contribution in [2.24, 2.45) is 0 Å². The van der Waals surface area contributed by atoms with Crippen LogP contribution in [0.3, 0.4) is 0 Å². The maximum Gasteiger partial charge on any atom is 0.306 e. The Morgan fingerprint density at radius 1 is 0.806 bits per heavy atom. The minimum absolute atomic E-state index is 0.0220. The van der Waals surface area contributed by atoms with Crippen LogP contribution in [0.15, 0.2) is 60.7 Å². The molecule has 0 radical (unpaired) electrons. The van der Waals surface area contributed by atoms with Gasteiger partial charge in [-0.15, -0.1) is 0 Å². The number of amides is 2. The number of nitrogens with one attached hydrogen (secondary N) is 2. The first-order valence-electron chi connectivity index (χ1n) is 9.60. The van der Waals surface area contributed by atoms with Crippen LogP contribution in [0.25, 0.3) is 10.8 Å². The van der Waals surface area contributed by atoms with Crippen molar-refractivity contribution in [1.29, 1.82) is 0 Å². The number of fused-ring (bicyclic) bond motifs is 1. The summed E-state index contributed by atoms with van der Waals surface area (Å²) in [6.07, 6.45) is 0.480. The lowest BCUT2D eigenvalue weighted by molar-refractivity contribution is -0.147. The van der Waals surface area contributed by atoms with Crippen molar-refractivity contribution < 1.29 is 19.1 Å². The molecule has 0 aliphatic rings. The maximum absolute atomic E-state index is 12.2. The van der Waals surface area contributed by atoms with Crippen LogP contribution in [0.5, 0.6) is 0 Å². The number of hydrogen-bond acceptors (Lipinski definition) is 4. The van der Waals surface area contributed by atoms with Gasteiger partial charge >= 0.3 is 5.97 Å². The normalized spacial score (nSPS) is 10.5. The van der Waals surface area contributed by atoms with Crippen LogP contribution in [0.1, 0.15) is 19.3 Å². The van der Waals surface area contributed by atoms with Gasteiger partial charge < -0.3 is 15.4 Å². The van der Waals surface area contributed by atoms with Crippen molar-refractivity contribution >= 4 is 63.1 Å². The number of halogens is 2. The van der Waals surface area contributed by atoms with Gasteiger partial charge in [-0.25, -0.2) is 0 Å². The van der Waals surface area contributed by atoms with E-state index in [2.05, 4.69) is 10.6 Å². The zero-order chi connectivity index (χ0) is 22.2. The van der Waals surface area contributed by atoms with E-state index >= 15 is 0 Å². The summed E-state index contributed by atoms with van der Waals surface area (Å²) in [5.74, 6) is -1.30. The van der Waals surface area contributed by atoms with Crippen LogP contribution in [0.2, 0.25) is 10.0 Å². The van der Waals surface area contributed by atoms with Crippen LogP contribution >= 0.6 is 23.2 Å². The number of hydrogen-bond donors (Lipinski definition) is 2. The molecule has 6 nitrogen and oxygen atoms in total. The van der Waals surface area contributed by atoms with Gasteiger partial charge in [0.05, 0.1) is 10.7 Å². The monoisotopic (exact) mass is 458 g/mol. The van der Waals surface area contributed by atoms with Gasteiger partial charge in [0.1, 0.15) is 0 Å². The number of carbonyl (C=O) groups excluding carboxylic acids is 3. The molecule has 0 heterocycles. The van der Waals surface area contributed by atoms with E-state index in [0.29, 0.717) is 22.2 Å². The summed E-state index contributed by atoms with van der Waals surface area (Å²) in [6.45, 7) is -0.454. The molecule has 0 fully saturated rings. The molecule has 3 aromatic rings. The van der Waals surface area contributed by atoms with E-state index in [0.717, 1.165) is 16.5 Å². The summed E-state index contributed by atoms with van der Waals surface area (Å²) < 4.78 is 4.95. The summed E-state index contributed by atoms with van der Waals surface area (Å²) >= 11 is 11.8. The average molecular weight is 459 g/mol. The van der Waals surface area contributed by atoms with Gasteiger partial charge in [-0.2, -0.15) is 0 Å². The molecule has 0 saturated heterocycles. The SMILES string of the molecule is O=C(COC(=O)CCCC(=O)Nc1cccc2ccccc12)Nc1cc(Cl)ccc1Cl. The largest absolute Gasteiger partial charge is 0.456 e. The molecule has 8 heteroatoms. The molecule has 160 valence electrons. The lowest BCUT2D eigenvalue weighted by Gasteiger charge is -2.09. The number of ether oxygens (including phenoxy) is 1. The second-order valence-corrected chi connectivity index (χ2v) is 7.61. The third-order valence-corrected chi connectivity index (χ3v) is 4.98. The van der Waals surface area contributed by atoms with E-state index in [1.165, 1.54) is 6.07 Å². The van der Waals surface area contributed by atoms with Crippen molar-refractivity contribution in [3.63, 3.8) is 0 Å². The van der Waals surface area contributed by atoms with Crippen molar-refractivity contribution in [1.82, 2.24) is 0 Å². The first-order chi connectivity index (χ1) is 14.9. The van der Waals surface area contributed by atoms with E-state index in [4.69, 9.17) is 27.9 Å². The maximum atomic E-state index is 12.2.